The van der Waals surface area contributed by atoms with E-state index in [0.29, 0.717) is 4.65 Å². The summed E-state index contributed by atoms with van der Waals surface area (Å²) in [6.07, 6.45) is 28.9. The Morgan fingerprint density at radius 1 is 0.529 bits per heavy atom. The van der Waals surface area contributed by atoms with Gasteiger partial charge in [-0.15, -0.1) is 0 Å². The normalized spacial score (nSPS) is 16.2. The summed E-state index contributed by atoms with van der Waals surface area (Å²) >= 11 is 0. The number of quaternary nitrogens is 1. The minimum Gasteiger partial charge on any atom is -0.194 e. The van der Waals surface area contributed by atoms with Gasteiger partial charge in [0.05, 0.1) is 5.75 Å². The maximum absolute atomic E-state index is 12.7. The smallest absolute Gasteiger partial charge is 0.194 e. The molecular weight excluding hydrogens is 442 g/mol. The molecule has 0 spiro atoms. The highest BCUT2D eigenvalue weighted by atomic mass is 32.2. The van der Waals surface area contributed by atoms with Crippen LogP contribution in [0.3, 0.4) is 0 Å². The summed E-state index contributed by atoms with van der Waals surface area (Å²) in [5, 5.41) is 0. The van der Waals surface area contributed by atoms with E-state index < -0.39 is 10.1 Å². The van der Waals surface area contributed by atoms with Gasteiger partial charge in [-0.2, -0.15) is 13.1 Å². The third kappa shape index (κ3) is 17.3. The molecule has 0 radical (unpaired) electrons. The van der Waals surface area contributed by atoms with Gasteiger partial charge in [-0.3, -0.25) is 0 Å². The fourth-order valence-corrected chi connectivity index (χ4v) is 6.69. The average Bonchev–Trinajstić information content (AvgIpc) is 2.82. The van der Waals surface area contributed by atoms with Crippen molar-refractivity contribution in [2.75, 3.05) is 25.4 Å². The molecule has 0 saturated carbocycles. The Hall–Kier alpha value is -0.130. The second-order valence-electron chi connectivity index (χ2n) is 11.0. The highest BCUT2D eigenvalue weighted by Gasteiger charge is 2.37. The molecule has 0 N–H and O–H groups in total. The van der Waals surface area contributed by atoms with Crippen molar-refractivity contribution in [2.45, 2.75) is 162 Å². The van der Waals surface area contributed by atoms with Crippen LogP contribution in [0.25, 0.3) is 0 Å². The van der Waals surface area contributed by atoms with E-state index in [1.165, 1.54) is 109 Å². The molecule has 5 heteroatoms. The van der Waals surface area contributed by atoms with Gasteiger partial charge in [0.25, 0.3) is 0 Å². The number of hydrogen-bond acceptors (Lipinski definition) is 3. The molecule has 0 atom stereocenters. The lowest BCUT2D eigenvalue weighted by Gasteiger charge is -2.37. The van der Waals surface area contributed by atoms with Gasteiger partial charge in [0.1, 0.15) is 19.6 Å². The van der Waals surface area contributed by atoms with E-state index in [9.17, 15) is 8.42 Å². The van der Waals surface area contributed by atoms with Crippen molar-refractivity contribution in [3.63, 3.8) is 0 Å². The maximum atomic E-state index is 12.7. The summed E-state index contributed by atoms with van der Waals surface area (Å²) in [7, 11) is -3.43. The lowest BCUT2D eigenvalue weighted by Crippen LogP contribution is -2.53. The summed E-state index contributed by atoms with van der Waals surface area (Å²) < 4.78 is 31.7. The number of likely N-dealkylation sites (tertiary alicyclic amines) is 1. The molecule has 0 aromatic heterocycles. The van der Waals surface area contributed by atoms with Gasteiger partial charge < -0.3 is 0 Å². The largest absolute Gasteiger partial charge is 0.314 e. The topological polar surface area (TPSA) is 43.4 Å². The number of hydroxylamine groups is 3. The molecule has 0 amide bonds. The van der Waals surface area contributed by atoms with Crippen molar-refractivity contribution < 1.29 is 17.3 Å². The lowest BCUT2D eigenvalue weighted by atomic mass is 10.0. The van der Waals surface area contributed by atoms with Crippen LogP contribution in [0.15, 0.2) is 0 Å². The summed E-state index contributed by atoms with van der Waals surface area (Å²) in [6.45, 7) is 7.09. The molecule has 0 unspecified atom stereocenters. The number of piperidine rings is 1. The zero-order valence-electron chi connectivity index (χ0n) is 23.2. The van der Waals surface area contributed by atoms with Crippen molar-refractivity contribution in [1.82, 2.24) is 0 Å². The van der Waals surface area contributed by atoms with Crippen LogP contribution < -0.4 is 0 Å². The van der Waals surface area contributed by atoms with Gasteiger partial charge in [-0.05, 0) is 38.5 Å². The van der Waals surface area contributed by atoms with Gasteiger partial charge in [-0.25, -0.2) is 0 Å². The summed E-state index contributed by atoms with van der Waals surface area (Å²) in [5.41, 5.74) is 0. The van der Waals surface area contributed by atoms with Crippen LogP contribution in [0.1, 0.15) is 162 Å². The van der Waals surface area contributed by atoms with Gasteiger partial charge in [0, 0.05) is 0 Å². The molecule has 4 nitrogen and oxygen atoms in total. The molecule has 0 aromatic rings. The van der Waals surface area contributed by atoms with Crippen molar-refractivity contribution in [3.8, 4) is 0 Å². The summed E-state index contributed by atoms with van der Waals surface area (Å²) in [6, 6.07) is 0. The molecule has 1 aliphatic rings. The van der Waals surface area contributed by atoms with Gasteiger partial charge in [-0.1, -0.05) is 127 Å². The molecule has 204 valence electrons. The Labute approximate surface area is 214 Å². The first kappa shape index (κ1) is 31.9. The van der Waals surface area contributed by atoms with Crippen LogP contribution in [0, 0.1) is 0 Å². The zero-order valence-corrected chi connectivity index (χ0v) is 24.0. The van der Waals surface area contributed by atoms with Crippen molar-refractivity contribution in [1.29, 1.82) is 0 Å². The highest BCUT2D eigenvalue weighted by Crippen LogP contribution is 2.24. The van der Waals surface area contributed by atoms with E-state index in [0.717, 1.165) is 58.2 Å². The second-order valence-corrected chi connectivity index (χ2v) is 12.7. The van der Waals surface area contributed by atoms with E-state index in [2.05, 4.69) is 13.8 Å². The molecule has 34 heavy (non-hydrogen) atoms. The molecule has 1 saturated heterocycles. The molecule has 0 bridgehead atoms. The number of nitrogens with zero attached hydrogens (tertiary/aromatic N) is 1. The van der Waals surface area contributed by atoms with Crippen molar-refractivity contribution in [2.24, 2.45) is 0 Å². The third-order valence-corrected chi connectivity index (χ3v) is 8.90. The van der Waals surface area contributed by atoms with E-state index in [-0.39, 0.29) is 5.75 Å². The van der Waals surface area contributed by atoms with Crippen LogP contribution >= 0.6 is 0 Å². The fraction of sp³-hybridized carbons (Fsp3) is 1.00. The average molecular weight is 503 g/mol. The van der Waals surface area contributed by atoms with Crippen molar-refractivity contribution in [3.05, 3.63) is 0 Å². The first-order valence-corrected chi connectivity index (χ1v) is 16.9. The Balaban J connectivity index is 2.14. The monoisotopic (exact) mass is 502 g/mol. The van der Waals surface area contributed by atoms with E-state index in [1.807, 2.05) is 0 Å². The van der Waals surface area contributed by atoms with E-state index >= 15 is 0 Å². The number of rotatable bonds is 24. The van der Waals surface area contributed by atoms with Gasteiger partial charge in [0.15, 0.2) is 0 Å². The molecule has 0 aromatic carbocycles. The Kier molecular flexibility index (Phi) is 19.7. The predicted octanol–water partition coefficient (Wildman–Crippen LogP) is 9.09. The van der Waals surface area contributed by atoms with Gasteiger partial charge >= 0.3 is 10.1 Å². The first-order valence-electron chi connectivity index (χ1n) is 15.3. The standard InChI is InChI=1S/C29H60NO3S/c1-3-5-7-9-11-12-13-14-15-16-17-18-19-22-26-30(27-23-21-24-28-30)33-34(31,32)29-25-20-10-8-6-4-2/h3-29H2,1-2H3/q+1. The van der Waals surface area contributed by atoms with Crippen LogP contribution in [0.5, 0.6) is 0 Å². The van der Waals surface area contributed by atoms with Crippen LogP contribution in [-0.2, 0) is 14.4 Å². The van der Waals surface area contributed by atoms with E-state index in [4.69, 9.17) is 4.28 Å². The zero-order chi connectivity index (χ0) is 24.8. The summed E-state index contributed by atoms with van der Waals surface area (Å²) in [5.74, 6) is 0.192. The quantitative estimate of drug-likeness (QED) is 0.0976. The molecule has 1 heterocycles. The maximum Gasteiger partial charge on any atom is 0.314 e. The molecule has 1 fully saturated rings. The Morgan fingerprint density at radius 2 is 0.912 bits per heavy atom. The Morgan fingerprint density at radius 3 is 1.35 bits per heavy atom. The lowest BCUT2D eigenvalue weighted by molar-refractivity contribution is -1.08. The number of hydrogen-bond donors (Lipinski definition) is 0. The van der Waals surface area contributed by atoms with Crippen LogP contribution in [-0.4, -0.2) is 38.5 Å². The van der Waals surface area contributed by atoms with Crippen LogP contribution in [0.4, 0.5) is 0 Å². The molecule has 0 aliphatic carbocycles. The fourth-order valence-electron chi connectivity index (χ4n) is 5.36. The predicted molar refractivity (Wildman–Crippen MR) is 147 cm³/mol. The summed E-state index contributed by atoms with van der Waals surface area (Å²) in [4.78, 5) is 0. The Bertz CT molecular complexity index is 544. The number of unbranched alkanes of at least 4 members (excludes halogenated alkanes) is 18. The third-order valence-electron chi connectivity index (χ3n) is 7.57. The molecule has 1 aliphatic heterocycles. The minimum absolute atomic E-state index is 0.192. The molecular formula is C29H60NO3S+. The highest BCUT2D eigenvalue weighted by molar-refractivity contribution is 7.86. The van der Waals surface area contributed by atoms with Crippen LogP contribution in [0.2, 0.25) is 0 Å². The molecule has 1 rings (SSSR count). The first-order chi connectivity index (χ1) is 16.5. The van der Waals surface area contributed by atoms with Gasteiger partial charge in [0.2, 0.25) is 0 Å². The minimum atomic E-state index is -3.43. The SMILES string of the molecule is CCCCCCCCCCCCCCCC[N+]1(OS(=O)(=O)CCCCCCCC)CCCCC1. The van der Waals surface area contributed by atoms with Crippen molar-refractivity contribution >= 4 is 10.1 Å². The second kappa shape index (κ2) is 21.0. The van der Waals surface area contributed by atoms with E-state index in [1.54, 1.807) is 0 Å².